The van der Waals surface area contributed by atoms with E-state index in [0.29, 0.717) is 48.3 Å². The molecule has 1 aliphatic carbocycles. The lowest BCUT2D eigenvalue weighted by Gasteiger charge is -2.53. The molecule has 7 fully saturated rings. The number of piperidine rings is 2. The van der Waals surface area contributed by atoms with Crippen LogP contribution in [0, 0.1) is 29.5 Å². The number of anilines is 1. The fourth-order valence-corrected chi connectivity index (χ4v) is 14.8. The lowest BCUT2D eigenvalue weighted by Crippen LogP contribution is -2.56. The van der Waals surface area contributed by atoms with Crippen LogP contribution in [0.25, 0.3) is 0 Å². The smallest absolute Gasteiger partial charge is 0.305 e. The van der Waals surface area contributed by atoms with Gasteiger partial charge in [0, 0.05) is 95.0 Å². The van der Waals surface area contributed by atoms with Crippen molar-refractivity contribution in [3.05, 3.63) is 71.6 Å². The number of esters is 1. The molecule has 356 valence electrons. The zero-order chi connectivity index (χ0) is 45.1. The van der Waals surface area contributed by atoms with E-state index in [1.165, 1.54) is 39.2 Å². The third kappa shape index (κ3) is 10.4. The zero-order valence-electron chi connectivity index (χ0n) is 38.6. The summed E-state index contributed by atoms with van der Waals surface area (Å²) in [5.41, 5.74) is 2.55. The first kappa shape index (κ1) is 46.7. The van der Waals surface area contributed by atoms with Crippen LogP contribution in [0.4, 0.5) is 14.5 Å². The number of likely N-dealkylation sites (tertiary alicyclic amines) is 5. The maximum atomic E-state index is 15.2. The molecule has 0 radical (unpaired) electrons. The van der Waals surface area contributed by atoms with Gasteiger partial charge in [-0.3, -0.25) is 19.4 Å². The second kappa shape index (κ2) is 20.4. The fraction of sp³-hybridized carbons (Fsp3) is 0.686. The van der Waals surface area contributed by atoms with Crippen LogP contribution in [0.15, 0.2) is 59.5 Å². The van der Waals surface area contributed by atoms with E-state index in [9.17, 15) is 22.4 Å². The molecule has 2 aromatic rings. The number of alkyl halides is 1. The highest BCUT2D eigenvalue weighted by Crippen LogP contribution is 2.54. The highest BCUT2D eigenvalue weighted by Gasteiger charge is 2.53. The number of sulfone groups is 1. The van der Waals surface area contributed by atoms with Gasteiger partial charge in [0.05, 0.1) is 12.0 Å². The number of carbonyl (C=O) groups is 2. The van der Waals surface area contributed by atoms with Gasteiger partial charge < -0.3 is 24.3 Å². The SMILES string of the molecule is COC(=O)C[C@H]1CCC[C@@H]1[C@](CN1CCCC1)(c1cccc(F)c1)C1CCN(CC2CN(c3ccc(S(=O)(=O)C4CN(C(=O)/C=C/CN5CCCCC5)C4)c(CN4CC(F)C4)c3)C2)CC1. The van der Waals surface area contributed by atoms with E-state index in [2.05, 4.69) is 25.7 Å². The predicted molar refractivity (Wildman–Crippen MR) is 250 cm³/mol. The van der Waals surface area contributed by atoms with Crippen LogP contribution in [0.3, 0.4) is 0 Å². The van der Waals surface area contributed by atoms with Gasteiger partial charge >= 0.3 is 5.97 Å². The number of carbonyl (C=O) groups excluding carboxylic acids is 2. The number of amides is 1. The van der Waals surface area contributed by atoms with Gasteiger partial charge in [-0.15, -0.1) is 0 Å². The molecule has 0 unspecified atom stereocenters. The van der Waals surface area contributed by atoms with Gasteiger partial charge in [-0.05, 0) is 150 Å². The first-order valence-corrected chi connectivity index (χ1v) is 26.5. The average molecular weight is 919 g/mol. The minimum absolute atomic E-state index is 0.139. The fourth-order valence-electron chi connectivity index (χ4n) is 12.9. The molecule has 0 bridgehead atoms. The van der Waals surface area contributed by atoms with E-state index in [4.69, 9.17) is 4.74 Å². The Morgan fingerprint density at radius 2 is 1.52 bits per heavy atom. The number of nitrogens with zero attached hydrogens (tertiary/aromatic N) is 6. The van der Waals surface area contributed by atoms with Crippen molar-refractivity contribution in [3.8, 4) is 0 Å². The molecule has 9 rings (SSSR count). The van der Waals surface area contributed by atoms with E-state index in [1.54, 1.807) is 29.2 Å². The molecule has 1 saturated carbocycles. The van der Waals surface area contributed by atoms with Crippen LogP contribution >= 0.6 is 0 Å². The molecule has 1 amide bonds. The van der Waals surface area contributed by atoms with Crippen LogP contribution in [0.1, 0.15) is 81.8 Å². The molecule has 6 heterocycles. The van der Waals surface area contributed by atoms with Crippen LogP contribution in [-0.4, -0.2) is 161 Å². The Kier molecular flexibility index (Phi) is 14.7. The molecule has 2 aromatic carbocycles. The Morgan fingerprint density at radius 1 is 0.800 bits per heavy atom. The molecule has 3 atom stereocenters. The van der Waals surface area contributed by atoms with Crippen molar-refractivity contribution < 1.29 is 31.5 Å². The van der Waals surface area contributed by atoms with E-state index < -0.39 is 21.3 Å². The summed E-state index contributed by atoms with van der Waals surface area (Å²) >= 11 is 0. The maximum Gasteiger partial charge on any atom is 0.305 e. The van der Waals surface area contributed by atoms with Gasteiger partial charge in [-0.25, -0.2) is 17.2 Å². The summed E-state index contributed by atoms with van der Waals surface area (Å²) in [5.74, 6) is 0.860. The third-order valence-corrected chi connectivity index (χ3v) is 18.7. The Labute approximate surface area is 386 Å². The first-order chi connectivity index (χ1) is 31.5. The summed E-state index contributed by atoms with van der Waals surface area (Å²) in [7, 11) is -2.23. The van der Waals surface area contributed by atoms with Gasteiger partial charge in [0.2, 0.25) is 5.91 Å². The molecule has 0 N–H and O–H groups in total. The molecule has 7 aliphatic rings. The van der Waals surface area contributed by atoms with Gasteiger partial charge in [-0.2, -0.15) is 0 Å². The van der Waals surface area contributed by atoms with E-state index in [-0.39, 0.29) is 48.0 Å². The minimum Gasteiger partial charge on any atom is -0.469 e. The second-order valence-electron chi connectivity index (χ2n) is 20.7. The molecule has 11 nitrogen and oxygen atoms in total. The summed E-state index contributed by atoms with van der Waals surface area (Å²) in [5, 5.41) is -0.659. The zero-order valence-corrected chi connectivity index (χ0v) is 39.5. The number of hydrogen-bond donors (Lipinski definition) is 0. The monoisotopic (exact) mass is 919 g/mol. The van der Waals surface area contributed by atoms with Crippen LogP contribution in [0.2, 0.25) is 0 Å². The summed E-state index contributed by atoms with van der Waals surface area (Å²) in [6, 6.07) is 13.1. The minimum atomic E-state index is -3.71. The topological polar surface area (TPSA) is 96.9 Å². The number of ether oxygens (including phenoxy) is 1. The number of benzene rings is 2. The number of methoxy groups -OCH3 is 1. The Hall–Kier alpha value is -3.43. The summed E-state index contributed by atoms with van der Waals surface area (Å²) < 4.78 is 62.6. The predicted octanol–water partition coefficient (Wildman–Crippen LogP) is 6.17. The summed E-state index contributed by atoms with van der Waals surface area (Å²) in [4.78, 5) is 39.4. The highest BCUT2D eigenvalue weighted by molar-refractivity contribution is 7.92. The van der Waals surface area contributed by atoms with Gasteiger partial charge in [0.25, 0.3) is 0 Å². The Balaban J connectivity index is 0.834. The Morgan fingerprint density at radius 3 is 2.23 bits per heavy atom. The highest BCUT2D eigenvalue weighted by atomic mass is 32.2. The lowest BCUT2D eigenvalue weighted by atomic mass is 9.56. The molecule has 0 spiro atoms. The molecule has 6 saturated heterocycles. The quantitative estimate of drug-likeness (QED) is 0.136. The van der Waals surface area contributed by atoms with Crippen LogP contribution in [0.5, 0.6) is 0 Å². The number of rotatable bonds is 17. The molecular weight excluding hydrogens is 847 g/mol. The number of halogens is 2. The van der Waals surface area contributed by atoms with Crippen molar-refractivity contribution in [2.45, 2.75) is 98.9 Å². The van der Waals surface area contributed by atoms with Crippen molar-refractivity contribution in [1.29, 1.82) is 0 Å². The molecule has 14 heteroatoms. The lowest BCUT2D eigenvalue weighted by molar-refractivity contribution is -0.142. The van der Waals surface area contributed by atoms with Crippen molar-refractivity contribution >= 4 is 27.4 Å². The molecule has 0 aromatic heterocycles. The Bertz CT molecular complexity index is 2110. The van der Waals surface area contributed by atoms with Crippen molar-refractivity contribution in [2.75, 3.05) is 110 Å². The third-order valence-electron chi connectivity index (χ3n) is 16.5. The molecular formula is C51H72F2N6O5S. The van der Waals surface area contributed by atoms with E-state index in [0.717, 1.165) is 115 Å². The first-order valence-electron chi connectivity index (χ1n) is 24.9. The van der Waals surface area contributed by atoms with Crippen molar-refractivity contribution in [3.63, 3.8) is 0 Å². The van der Waals surface area contributed by atoms with E-state index >= 15 is 4.39 Å². The van der Waals surface area contributed by atoms with Crippen LogP contribution in [-0.2, 0) is 36.1 Å². The van der Waals surface area contributed by atoms with E-state index in [1.807, 2.05) is 29.2 Å². The largest absolute Gasteiger partial charge is 0.469 e. The maximum absolute atomic E-state index is 15.2. The van der Waals surface area contributed by atoms with Crippen molar-refractivity contribution in [1.82, 2.24) is 24.5 Å². The van der Waals surface area contributed by atoms with Gasteiger partial charge in [0.1, 0.15) is 17.2 Å². The van der Waals surface area contributed by atoms with Crippen molar-refractivity contribution in [2.24, 2.45) is 23.7 Å². The molecule has 65 heavy (non-hydrogen) atoms. The molecule has 6 aliphatic heterocycles. The number of hydrogen-bond acceptors (Lipinski definition) is 10. The normalized spacial score (nSPS) is 26.0. The van der Waals surface area contributed by atoms with Gasteiger partial charge in [-0.1, -0.05) is 31.1 Å². The van der Waals surface area contributed by atoms with Gasteiger partial charge in [0.15, 0.2) is 9.84 Å². The second-order valence-corrected chi connectivity index (χ2v) is 22.9. The summed E-state index contributed by atoms with van der Waals surface area (Å²) in [6.07, 6.45) is 14.2. The summed E-state index contributed by atoms with van der Waals surface area (Å²) in [6.45, 7) is 11.9. The average Bonchev–Trinajstić information content (AvgIpc) is 3.96. The van der Waals surface area contributed by atoms with Crippen LogP contribution < -0.4 is 4.90 Å². The standard InChI is InChI=1S/C51H72F2N6O5S/c1-64-50(61)27-39-10-7-13-47(39)51(37-56-21-5-6-22-56,42-11-8-12-43(52)28-42)41-17-24-55(25-18-41)29-38-30-58(31-38)45-15-16-48(40(26-45)32-57-33-44(53)34-57)65(62,63)46-35-59(36-46)49(60)14-9-23-54-19-3-2-4-20-54/h8-9,11-12,14-16,26,28,38-39,41,44,46-47H,2-7,10,13,17-25,27,29-37H2,1H3/b14-9+/t39-,47+,51+/m1/s1.